The van der Waals surface area contributed by atoms with Gasteiger partial charge in [0.2, 0.25) is 11.8 Å². The first-order valence-corrected chi connectivity index (χ1v) is 11.5. The number of Topliss-reactive ketones (excluding diaryl/α,β-unsaturated/α-hetero) is 1. The molecule has 3 aliphatic rings. The van der Waals surface area contributed by atoms with E-state index in [1.807, 2.05) is 69.0 Å². The van der Waals surface area contributed by atoms with E-state index < -0.39 is 23.3 Å². The summed E-state index contributed by atoms with van der Waals surface area (Å²) in [6, 6.07) is 6.90. The summed E-state index contributed by atoms with van der Waals surface area (Å²) in [4.78, 5) is 48.9. The minimum atomic E-state index is -0.690. The third kappa shape index (κ3) is 2.85. The van der Waals surface area contributed by atoms with Crippen LogP contribution in [0.4, 0.5) is 5.69 Å². The minimum absolute atomic E-state index is 0.0114. The van der Waals surface area contributed by atoms with E-state index in [2.05, 4.69) is 4.98 Å². The van der Waals surface area contributed by atoms with Crippen molar-refractivity contribution in [3.05, 3.63) is 42.1 Å². The molecule has 3 aliphatic heterocycles. The largest absolute Gasteiger partial charge is 0.351 e. The molecule has 5 rings (SSSR count). The predicted molar refractivity (Wildman–Crippen MR) is 124 cm³/mol. The fourth-order valence-corrected chi connectivity index (χ4v) is 5.52. The molecule has 4 heterocycles. The van der Waals surface area contributed by atoms with Gasteiger partial charge < -0.3 is 4.90 Å². The number of ketones is 1. The second-order valence-electron chi connectivity index (χ2n) is 10.1. The van der Waals surface area contributed by atoms with Crippen molar-refractivity contribution in [2.75, 3.05) is 11.4 Å². The third-order valence-corrected chi connectivity index (χ3v) is 7.07. The van der Waals surface area contributed by atoms with Gasteiger partial charge in [-0.1, -0.05) is 64.5 Å². The molecule has 2 fully saturated rings. The molecule has 1 aromatic carbocycles. The summed E-state index contributed by atoms with van der Waals surface area (Å²) >= 11 is 0. The van der Waals surface area contributed by atoms with Gasteiger partial charge in [0, 0.05) is 23.5 Å². The fraction of sp³-hybridized carbons (Fsp3) is 0.462. The number of imide groups is 1. The Balaban J connectivity index is 1.70. The Morgan fingerprint density at radius 3 is 2.56 bits per heavy atom. The summed E-state index contributed by atoms with van der Waals surface area (Å²) in [6.45, 7) is 8.12. The number of benzene rings is 1. The van der Waals surface area contributed by atoms with Gasteiger partial charge in [-0.2, -0.15) is 0 Å². The molecule has 32 heavy (non-hydrogen) atoms. The van der Waals surface area contributed by atoms with Gasteiger partial charge in [-0.3, -0.25) is 24.3 Å². The molecule has 4 unspecified atom stereocenters. The molecule has 4 atom stereocenters. The summed E-state index contributed by atoms with van der Waals surface area (Å²) in [6.07, 6.45) is 7.43. The first-order chi connectivity index (χ1) is 15.3. The zero-order chi connectivity index (χ0) is 22.8. The Morgan fingerprint density at radius 2 is 1.84 bits per heavy atom. The summed E-state index contributed by atoms with van der Waals surface area (Å²) < 4.78 is 0. The van der Waals surface area contributed by atoms with Crippen LogP contribution in [0.3, 0.4) is 0 Å². The van der Waals surface area contributed by atoms with Gasteiger partial charge in [-0.15, -0.1) is 0 Å². The zero-order valence-electron chi connectivity index (χ0n) is 19.0. The number of hydrogen-bond acceptors (Lipinski definition) is 5. The molecule has 0 spiro atoms. The van der Waals surface area contributed by atoms with Crippen molar-refractivity contribution in [1.29, 1.82) is 0 Å². The number of aromatic nitrogens is 1. The molecule has 2 amide bonds. The van der Waals surface area contributed by atoms with E-state index in [-0.39, 0.29) is 23.6 Å². The fourth-order valence-electron chi connectivity index (χ4n) is 5.52. The van der Waals surface area contributed by atoms with E-state index in [1.54, 1.807) is 6.20 Å². The molecule has 0 N–H and O–H groups in total. The molecule has 0 bridgehead atoms. The molecule has 6 heteroatoms. The van der Waals surface area contributed by atoms with Gasteiger partial charge in [-0.05, 0) is 18.1 Å². The third-order valence-electron chi connectivity index (χ3n) is 7.07. The lowest BCUT2D eigenvalue weighted by Crippen LogP contribution is -2.51. The number of hydrogen-bond donors (Lipinski definition) is 0. The molecule has 166 valence electrons. The SMILES string of the molecule is CCCCN1C(=O)C2C(C1=O)C(C(=O)C(C)(C)C)N1c3c(ccc4cccnc34)C=CC21. The maximum absolute atomic E-state index is 13.8. The van der Waals surface area contributed by atoms with Crippen molar-refractivity contribution in [1.82, 2.24) is 9.88 Å². The van der Waals surface area contributed by atoms with E-state index in [1.165, 1.54) is 4.90 Å². The van der Waals surface area contributed by atoms with Crippen LogP contribution in [0.1, 0.15) is 46.1 Å². The van der Waals surface area contributed by atoms with Crippen molar-refractivity contribution in [3.8, 4) is 0 Å². The number of likely N-dealkylation sites (tertiary alicyclic amines) is 1. The van der Waals surface area contributed by atoms with Crippen molar-refractivity contribution < 1.29 is 14.4 Å². The average Bonchev–Trinajstić information content (AvgIpc) is 3.23. The van der Waals surface area contributed by atoms with Crippen molar-refractivity contribution in [3.63, 3.8) is 0 Å². The van der Waals surface area contributed by atoms with Gasteiger partial charge in [0.05, 0.1) is 29.1 Å². The van der Waals surface area contributed by atoms with E-state index >= 15 is 0 Å². The Labute approximate surface area is 188 Å². The lowest BCUT2D eigenvalue weighted by atomic mass is 9.79. The zero-order valence-corrected chi connectivity index (χ0v) is 19.0. The van der Waals surface area contributed by atoms with Crippen LogP contribution in [-0.4, -0.2) is 46.1 Å². The first-order valence-electron chi connectivity index (χ1n) is 11.5. The smallest absolute Gasteiger partial charge is 0.235 e. The molecule has 0 aliphatic carbocycles. The molecular formula is C26H29N3O3. The maximum Gasteiger partial charge on any atom is 0.235 e. The van der Waals surface area contributed by atoms with Gasteiger partial charge >= 0.3 is 0 Å². The normalized spacial score (nSPS) is 26.5. The average molecular weight is 432 g/mol. The molecule has 2 saturated heterocycles. The number of anilines is 1. The molecule has 6 nitrogen and oxygen atoms in total. The highest BCUT2D eigenvalue weighted by molar-refractivity contribution is 6.13. The molecule has 1 aromatic heterocycles. The van der Waals surface area contributed by atoms with Crippen LogP contribution in [0.2, 0.25) is 0 Å². The van der Waals surface area contributed by atoms with Crippen LogP contribution in [0.5, 0.6) is 0 Å². The van der Waals surface area contributed by atoms with Gasteiger partial charge in [0.15, 0.2) is 5.78 Å². The van der Waals surface area contributed by atoms with E-state index in [4.69, 9.17) is 0 Å². The second-order valence-corrected chi connectivity index (χ2v) is 10.1. The van der Waals surface area contributed by atoms with Crippen LogP contribution in [0, 0.1) is 17.3 Å². The van der Waals surface area contributed by atoms with Crippen molar-refractivity contribution in [2.45, 2.75) is 52.6 Å². The predicted octanol–water partition coefficient (Wildman–Crippen LogP) is 3.84. The Hall–Kier alpha value is -3.02. The lowest BCUT2D eigenvalue weighted by Gasteiger charge is -2.39. The van der Waals surface area contributed by atoms with Crippen LogP contribution in [0.15, 0.2) is 36.5 Å². The quantitative estimate of drug-likeness (QED) is 0.688. The Kier molecular flexibility index (Phi) is 4.73. The monoisotopic (exact) mass is 431 g/mol. The van der Waals surface area contributed by atoms with Crippen molar-refractivity contribution in [2.24, 2.45) is 17.3 Å². The molecule has 0 saturated carbocycles. The minimum Gasteiger partial charge on any atom is -0.351 e. The number of nitrogens with zero attached hydrogens (tertiary/aromatic N) is 3. The number of fused-ring (bicyclic) bond motifs is 7. The number of rotatable bonds is 4. The van der Waals surface area contributed by atoms with Crippen LogP contribution >= 0.6 is 0 Å². The molecule has 0 radical (unpaired) electrons. The van der Waals surface area contributed by atoms with E-state index in [0.717, 1.165) is 35.0 Å². The van der Waals surface area contributed by atoms with Crippen LogP contribution < -0.4 is 4.90 Å². The van der Waals surface area contributed by atoms with E-state index in [9.17, 15) is 14.4 Å². The number of carbonyl (C=O) groups excluding carboxylic acids is 3. The maximum atomic E-state index is 13.8. The van der Waals surface area contributed by atoms with Gasteiger partial charge in [0.25, 0.3) is 0 Å². The first kappa shape index (κ1) is 20.9. The summed E-state index contributed by atoms with van der Waals surface area (Å²) in [5, 5.41) is 0.974. The second kappa shape index (κ2) is 7.26. The number of pyridine rings is 1. The number of carbonyl (C=O) groups is 3. The van der Waals surface area contributed by atoms with Gasteiger partial charge in [-0.25, -0.2) is 0 Å². The lowest BCUT2D eigenvalue weighted by molar-refractivity contribution is -0.142. The van der Waals surface area contributed by atoms with Gasteiger partial charge in [0.1, 0.15) is 6.04 Å². The number of amides is 2. The highest BCUT2D eigenvalue weighted by Gasteiger charge is 2.64. The standard InChI is InChI=1S/C26H29N3O3/c1-5-6-14-28-24(31)18-17-12-11-16-10-9-15-8-7-13-27-20(15)21(16)29(17)22(19(18)25(28)32)23(30)26(2,3)4/h7-13,17-19,22H,5-6,14H2,1-4H3. The number of unbranched alkanes of at least 4 members (excludes halogenated alkanes) is 1. The van der Waals surface area contributed by atoms with Crippen LogP contribution in [0.25, 0.3) is 17.0 Å². The summed E-state index contributed by atoms with van der Waals surface area (Å²) in [5.74, 6) is -1.56. The molecular weight excluding hydrogens is 402 g/mol. The highest BCUT2D eigenvalue weighted by Crippen LogP contribution is 2.51. The van der Waals surface area contributed by atoms with Crippen molar-refractivity contribution >= 4 is 40.3 Å². The summed E-state index contributed by atoms with van der Waals surface area (Å²) in [7, 11) is 0. The highest BCUT2D eigenvalue weighted by atomic mass is 16.2. The van der Waals surface area contributed by atoms with Crippen LogP contribution in [-0.2, 0) is 14.4 Å². The topological polar surface area (TPSA) is 70.6 Å². The summed E-state index contributed by atoms with van der Waals surface area (Å²) in [5.41, 5.74) is 1.97. The Bertz CT molecular complexity index is 1160. The Morgan fingerprint density at radius 1 is 1.09 bits per heavy atom. The van der Waals surface area contributed by atoms with E-state index in [0.29, 0.717) is 6.54 Å². The molecule has 2 aromatic rings.